The average Bonchev–Trinajstić information content (AvgIpc) is 2.59. The third-order valence-electron chi connectivity index (χ3n) is 3.94. The molecule has 0 aliphatic carbocycles. The van der Waals surface area contributed by atoms with Crippen molar-refractivity contribution in [3.63, 3.8) is 0 Å². The van der Waals surface area contributed by atoms with Crippen molar-refractivity contribution in [1.82, 2.24) is 5.32 Å². The minimum atomic E-state index is -0.530. The molecule has 2 aromatic rings. The molecule has 0 spiro atoms. The second-order valence-corrected chi connectivity index (χ2v) is 6.12. The Morgan fingerprint density at radius 1 is 1.08 bits per heavy atom. The fourth-order valence-electron chi connectivity index (χ4n) is 2.49. The lowest BCUT2D eigenvalue weighted by Gasteiger charge is -2.26. The summed E-state index contributed by atoms with van der Waals surface area (Å²) in [5, 5.41) is 2.85. The maximum absolute atomic E-state index is 14.0. The van der Waals surface area contributed by atoms with E-state index in [1.807, 2.05) is 13.8 Å². The van der Waals surface area contributed by atoms with Crippen LogP contribution in [0.1, 0.15) is 29.8 Å². The van der Waals surface area contributed by atoms with Gasteiger partial charge in [0, 0.05) is 17.5 Å². The van der Waals surface area contributed by atoms with E-state index in [9.17, 15) is 9.18 Å². The summed E-state index contributed by atoms with van der Waals surface area (Å²) in [6.07, 6.45) is 0. The van der Waals surface area contributed by atoms with E-state index in [4.69, 9.17) is 9.47 Å². The van der Waals surface area contributed by atoms with Crippen LogP contribution in [0, 0.1) is 5.82 Å². The molecule has 2 rings (SSSR count). The van der Waals surface area contributed by atoms with Crippen LogP contribution < -0.4 is 14.8 Å². The molecule has 0 aromatic heterocycles. The predicted molar refractivity (Wildman–Crippen MR) is 91.3 cm³/mol. The van der Waals surface area contributed by atoms with Crippen molar-refractivity contribution in [3.8, 4) is 11.5 Å². The predicted octanol–water partition coefficient (Wildman–Crippen LogP) is 3.55. The van der Waals surface area contributed by atoms with E-state index < -0.39 is 5.41 Å². The van der Waals surface area contributed by atoms with Crippen LogP contribution in [0.3, 0.4) is 0 Å². The fourth-order valence-corrected chi connectivity index (χ4v) is 2.49. The molecule has 0 bridgehead atoms. The largest absolute Gasteiger partial charge is 0.493 e. The summed E-state index contributed by atoms with van der Waals surface area (Å²) >= 11 is 0. The summed E-state index contributed by atoms with van der Waals surface area (Å²) in [6, 6.07) is 11.5. The van der Waals surface area contributed by atoms with Gasteiger partial charge in [-0.15, -0.1) is 0 Å². The molecule has 1 amide bonds. The van der Waals surface area contributed by atoms with Gasteiger partial charge in [0.15, 0.2) is 11.5 Å². The number of amides is 1. The van der Waals surface area contributed by atoms with Crippen molar-refractivity contribution in [2.24, 2.45) is 0 Å². The highest BCUT2D eigenvalue weighted by molar-refractivity contribution is 5.95. The van der Waals surface area contributed by atoms with E-state index in [2.05, 4.69) is 5.32 Å². The smallest absolute Gasteiger partial charge is 0.251 e. The van der Waals surface area contributed by atoms with E-state index in [0.717, 1.165) is 0 Å². The molecule has 0 fully saturated rings. The highest BCUT2D eigenvalue weighted by Gasteiger charge is 2.25. The van der Waals surface area contributed by atoms with E-state index in [1.54, 1.807) is 36.4 Å². The van der Waals surface area contributed by atoms with Crippen LogP contribution in [0.15, 0.2) is 42.5 Å². The van der Waals surface area contributed by atoms with E-state index in [0.29, 0.717) is 29.2 Å². The molecule has 0 saturated heterocycles. The third-order valence-corrected chi connectivity index (χ3v) is 3.94. The fraction of sp³-hybridized carbons (Fsp3) is 0.316. The Bertz CT molecular complexity index is 728. The Labute approximate surface area is 141 Å². The molecule has 5 heteroatoms. The average molecular weight is 331 g/mol. The van der Waals surface area contributed by atoms with E-state index in [1.165, 1.54) is 20.3 Å². The summed E-state index contributed by atoms with van der Waals surface area (Å²) in [4.78, 5) is 12.4. The minimum Gasteiger partial charge on any atom is -0.493 e. The molecule has 1 N–H and O–H groups in total. The number of hydrogen-bond donors (Lipinski definition) is 1. The number of hydrogen-bond acceptors (Lipinski definition) is 3. The van der Waals surface area contributed by atoms with Crippen LogP contribution in [0.5, 0.6) is 11.5 Å². The van der Waals surface area contributed by atoms with Crippen LogP contribution in [-0.2, 0) is 5.41 Å². The zero-order chi connectivity index (χ0) is 17.7. The van der Waals surface area contributed by atoms with Gasteiger partial charge in [0.2, 0.25) is 0 Å². The summed E-state index contributed by atoms with van der Waals surface area (Å²) < 4.78 is 24.3. The van der Waals surface area contributed by atoms with Gasteiger partial charge in [-0.25, -0.2) is 4.39 Å². The SMILES string of the molecule is COc1ccc(C(=O)NCC(C)(C)c2ccccc2F)cc1OC. The summed E-state index contributed by atoms with van der Waals surface area (Å²) in [5.74, 6) is 0.516. The first kappa shape index (κ1) is 17.8. The molecule has 0 radical (unpaired) electrons. The zero-order valence-electron chi connectivity index (χ0n) is 14.4. The monoisotopic (exact) mass is 331 g/mol. The second-order valence-electron chi connectivity index (χ2n) is 6.12. The van der Waals surface area contributed by atoms with Crippen LogP contribution in [-0.4, -0.2) is 26.7 Å². The number of carbonyl (C=O) groups excluding carboxylic acids is 1. The molecule has 24 heavy (non-hydrogen) atoms. The first-order valence-electron chi connectivity index (χ1n) is 7.64. The third kappa shape index (κ3) is 3.85. The van der Waals surface area contributed by atoms with Gasteiger partial charge in [-0.1, -0.05) is 32.0 Å². The molecule has 0 aliphatic rings. The molecule has 0 aliphatic heterocycles. The van der Waals surface area contributed by atoms with Gasteiger partial charge in [0.25, 0.3) is 5.91 Å². The van der Waals surface area contributed by atoms with Gasteiger partial charge < -0.3 is 14.8 Å². The van der Waals surface area contributed by atoms with Gasteiger partial charge >= 0.3 is 0 Å². The number of benzene rings is 2. The second kappa shape index (κ2) is 7.34. The van der Waals surface area contributed by atoms with Crippen molar-refractivity contribution < 1.29 is 18.7 Å². The number of nitrogens with one attached hydrogen (secondary N) is 1. The summed E-state index contributed by atoms with van der Waals surface area (Å²) in [7, 11) is 3.05. The molecule has 0 saturated carbocycles. The van der Waals surface area contributed by atoms with Gasteiger partial charge in [0.05, 0.1) is 14.2 Å². The van der Waals surface area contributed by atoms with Crippen molar-refractivity contribution >= 4 is 5.91 Å². The lowest BCUT2D eigenvalue weighted by Crippen LogP contribution is -2.37. The van der Waals surface area contributed by atoms with Crippen LogP contribution in [0.4, 0.5) is 4.39 Å². The Balaban J connectivity index is 2.11. The van der Waals surface area contributed by atoms with Crippen molar-refractivity contribution in [2.45, 2.75) is 19.3 Å². The zero-order valence-corrected chi connectivity index (χ0v) is 14.4. The first-order chi connectivity index (χ1) is 11.4. The van der Waals surface area contributed by atoms with Crippen molar-refractivity contribution in [1.29, 1.82) is 0 Å². The standard InChI is InChI=1S/C19H22FNO3/c1-19(2,14-7-5-6-8-15(14)20)12-21-18(22)13-9-10-16(23-3)17(11-13)24-4/h5-11H,12H2,1-4H3,(H,21,22). The van der Waals surface area contributed by atoms with Crippen LogP contribution >= 0.6 is 0 Å². The lowest BCUT2D eigenvalue weighted by atomic mass is 9.84. The highest BCUT2D eigenvalue weighted by atomic mass is 19.1. The van der Waals surface area contributed by atoms with Crippen LogP contribution in [0.25, 0.3) is 0 Å². The molecule has 0 atom stereocenters. The van der Waals surface area contributed by atoms with Gasteiger partial charge in [-0.3, -0.25) is 4.79 Å². The van der Waals surface area contributed by atoms with Crippen LogP contribution in [0.2, 0.25) is 0 Å². The van der Waals surface area contributed by atoms with E-state index in [-0.39, 0.29) is 11.7 Å². The normalized spacial score (nSPS) is 11.0. The summed E-state index contributed by atoms with van der Waals surface area (Å²) in [6.45, 7) is 4.09. The maximum atomic E-state index is 14.0. The highest BCUT2D eigenvalue weighted by Crippen LogP contribution is 2.28. The maximum Gasteiger partial charge on any atom is 0.251 e. The first-order valence-corrected chi connectivity index (χ1v) is 7.64. The number of carbonyl (C=O) groups is 1. The molecule has 4 nitrogen and oxygen atoms in total. The minimum absolute atomic E-state index is 0.250. The lowest BCUT2D eigenvalue weighted by molar-refractivity contribution is 0.0945. The Kier molecular flexibility index (Phi) is 5.44. The van der Waals surface area contributed by atoms with Gasteiger partial charge in [-0.2, -0.15) is 0 Å². The molecule has 0 heterocycles. The van der Waals surface area contributed by atoms with Crippen molar-refractivity contribution in [2.75, 3.05) is 20.8 Å². The molecular weight excluding hydrogens is 309 g/mol. The number of rotatable bonds is 6. The number of methoxy groups -OCH3 is 2. The molecular formula is C19H22FNO3. The number of ether oxygens (including phenoxy) is 2. The Morgan fingerprint density at radius 3 is 2.38 bits per heavy atom. The summed E-state index contributed by atoms with van der Waals surface area (Å²) in [5.41, 5.74) is 0.493. The topological polar surface area (TPSA) is 47.6 Å². The molecule has 0 unspecified atom stereocenters. The quantitative estimate of drug-likeness (QED) is 0.880. The van der Waals surface area contributed by atoms with E-state index >= 15 is 0 Å². The number of halogens is 1. The Morgan fingerprint density at radius 2 is 1.75 bits per heavy atom. The molecule has 2 aromatic carbocycles. The van der Waals surface area contributed by atoms with Crippen molar-refractivity contribution in [3.05, 3.63) is 59.4 Å². The van der Waals surface area contributed by atoms with Gasteiger partial charge in [-0.05, 0) is 29.8 Å². The molecule has 128 valence electrons. The Hall–Kier alpha value is -2.56. The van der Waals surface area contributed by atoms with Gasteiger partial charge in [0.1, 0.15) is 5.82 Å².